The number of allylic oxidation sites excluding steroid dienone is 6. The van der Waals surface area contributed by atoms with E-state index < -0.39 is 0 Å². The Balaban J connectivity index is 3.02. The SMILES string of the molecule is CC/C=C\C(C)=C(/C)C1=C(NC)NCC=C1. The number of rotatable bonds is 4. The highest BCUT2D eigenvalue weighted by molar-refractivity contribution is 5.47. The van der Waals surface area contributed by atoms with Gasteiger partial charge in [-0.2, -0.15) is 0 Å². The second-order valence-electron chi connectivity index (χ2n) is 3.94. The minimum atomic E-state index is 0.900. The van der Waals surface area contributed by atoms with Crippen molar-refractivity contribution in [3.63, 3.8) is 0 Å². The molecule has 16 heavy (non-hydrogen) atoms. The highest BCUT2D eigenvalue weighted by Gasteiger charge is 2.08. The fourth-order valence-electron chi connectivity index (χ4n) is 1.68. The largest absolute Gasteiger partial charge is 0.374 e. The Labute approximate surface area is 98.8 Å². The second kappa shape index (κ2) is 6.21. The lowest BCUT2D eigenvalue weighted by Crippen LogP contribution is -2.27. The average molecular weight is 218 g/mol. The van der Waals surface area contributed by atoms with Crippen molar-refractivity contribution in [2.45, 2.75) is 27.2 Å². The quantitative estimate of drug-likeness (QED) is 0.709. The molecule has 2 N–H and O–H groups in total. The molecule has 0 amide bonds. The van der Waals surface area contributed by atoms with Crippen molar-refractivity contribution in [2.75, 3.05) is 13.6 Å². The number of nitrogens with one attached hydrogen (secondary N) is 2. The van der Waals surface area contributed by atoms with Gasteiger partial charge >= 0.3 is 0 Å². The van der Waals surface area contributed by atoms with Crippen LogP contribution in [0.3, 0.4) is 0 Å². The standard InChI is InChI=1S/C14H22N2/c1-5-6-8-11(2)12(3)13-9-7-10-16-14(13)15-4/h6-9,15-16H,5,10H2,1-4H3/b8-6-,12-11+. The molecule has 0 saturated heterocycles. The van der Waals surface area contributed by atoms with Gasteiger partial charge < -0.3 is 10.6 Å². The summed E-state index contributed by atoms with van der Waals surface area (Å²) < 4.78 is 0. The maximum absolute atomic E-state index is 3.33. The topological polar surface area (TPSA) is 24.1 Å². The van der Waals surface area contributed by atoms with E-state index in [1.54, 1.807) is 0 Å². The Kier molecular flexibility index (Phi) is 4.90. The molecular weight excluding hydrogens is 196 g/mol. The van der Waals surface area contributed by atoms with Crippen molar-refractivity contribution in [3.05, 3.63) is 46.8 Å². The molecule has 0 aromatic rings. The van der Waals surface area contributed by atoms with E-state index in [0.29, 0.717) is 0 Å². The highest BCUT2D eigenvalue weighted by atomic mass is 15.1. The van der Waals surface area contributed by atoms with Crippen LogP contribution in [0.5, 0.6) is 0 Å². The molecule has 0 radical (unpaired) electrons. The first-order chi connectivity index (χ1) is 7.70. The molecule has 0 aliphatic carbocycles. The van der Waals surface area contributed by atoms with E-state index in [-0.39, 0.29) is 0 Å². The third kappa shape index (κ3) is 3.02. The van der Waals surface area contributed by atoms with Gasteiger partial charge in [0.2, 0.25) is 0 Å². The molecule has 1 aliphatic heterocycles. The molecule has 0 unspecified atom stereocenters. The van der Waals surface area contributed by atoms with Crippen LogP contribution in [0.1, 0.15) is 27.2 Å². The van der Waals surface area contributed by atoms with Crippen LogP contribution in [-0.2, 0) is 0 Å². The van der Waals surface area contributed by atoms with Crippen molar-refractivity contribution in [1.29, 1.82) is 0 Å². The third-order valence-corrected chi connectivity index (χ3v) is 2.80. The van der Waals surface area contributed by atoms with Gasteiger partial charge in [-0.05, 0) is 31.4 Å². The first-order valence-electron chi connectivity index (χ1n) is 5.87. The van der Waals surface area contributed by atoms with Crippen molar-refractivity contribution >= 4 is 0 Å². The third-order valence-electron chi connectivity index (χ3n) is 2.80. The predicted octanol–water partition coefficient (Wildman–Crippen LogP) is 2.88. The Morgan fingerprint density at radius 3 is 2.88 bits per heavy atom. The number of hydrogen-bond donors (Lipinski definition) is 2. The van der Waals surface area contributed by atoms with E-state index in [1.807, 2.05) is 7.05 Å². The zero-order valence-corrected chi connectivity index (χ0v) is 10.7. The zero-order chi connectivity index (χ0) is 12.0. The minimum Gasteiger partial charge on any atom is -0.374 e. The van der Waals surface area contributed by atoms with Crippen LogP contribution in [0.2, 0.25) is 0 Å². The van der Waals surface area contributed by atoms with Gasteiger partial charge in [-0.1, -0.05) is 31.2 Å². The van der Waals surface area contributed by atoms with Crippen molar-refractivity contribution in [2.24, 2.45) is 0 Å². The molecule has 0 aromatic carbocycles. The second-order valence-corrected chi connectivity index (χ2v) is 3.94. The monoisotopic (exact) mass is 218 g/mol. The van der Waals surface area contributed by atoms with Crippen LogP contribution in [0.25, 0.3) is 0 Å². The first kappa shape index (κ1) is 12.6. The van der Waals surface area contributed by atoms with Gasteiger partial charge in [0.15, 0.2) is 0 Å². The van der Waals surface area contributed by atoms with Crippen LogP contribution in [-0.4, -0.2) is 13.6 Å². The Bertz CT molecular complexity index is 357. The summed E-state index contributed by atoms with van der Waals surface area (Å²) in [6, 6.07) is 0. The van der Waals surface area contributed by atoms with E-state index >= 15 is 0 Å². The molecule has 2 heteroatoms. The maximum Gasteiger partial charge on any atom is 0.106 e. The van der Waals surface area contributed by atoms with Crippen LogP contribution >= 0.6 is 0 Å². The Morgan fingerprint density at radius 1 is 1.50 bits per heavy atom. The van der Waals surface area contributed by atoms with Gasteiger partial charge in [-0.3, -0.25) is 0 Å². The minimum absolute atomic E-state index is 0.900. The van der Waals surface area contributed by atoms with Crippen LogP contribution in [0.4, 0.5) is 0 Å². The van der Waals surface area contributed by atoms with Crippen LogP contribution < -0.4 is 10.6 Å². The van der Waals surface area contributed by atoms with E-state index in [4.69, 9.17) is 0 Å². The lowest BCUT2D eigenvalue weighted by molar-refractivity contribution is 0.770. The molecule has 0 atom stereocenters. The first-order valence-corrected chi connectivity index (χ1v) is 5.87. The summed E-state index contributed by atoms with van der Waals surface area (Å²) in [6.45, 7) is 7.37. The highest BCUT2D eigenvalue weighted by Crippen LogP contribution is 2.20. The van der Waals surface area contributed by atoms with Gasteiger partial charge in [0.25, 0.3) is 0 Å². The van der Waals surface area contributed by atoms with Gasteiger partial charge in [0.05, 0.1) is 0 Å². The van der Waals surface area contributed by atoms with E-state index in [0.717, 1.165) is 18.8 Å². The molecule has 0 saturated carbocycles. The Hall–Kier alpha value is -1.44. The molecule has 1 heterocycles. The zero-order valence-electron chi connectivity index (χ0n) is 10.7. The predicted molar refractivity (Wildman–Crippen MR) is 71.0 cm³/mol. The normalized spacial score (nSPS) is 17.5. The summed E-state index contributed by atoms with van der Waals surface area (Å²) in [5.41, 5.74) is 3.89. The van der Waals surface area contributed by atoms with Gasteiger partial charge in [-0.25, -0.2) is 0 Å². The molecule has 2 nitrogen and oxygen atoms in total. The number of dihydropyridines is 1. The summed E-state index contributed by atoms with van der Waals surface area (Å²) >= 11 is 0. The number of hydrogen-bond acceptors (Lipinski definition) is 2. The van der Waals surface area contributed by atoms with E-state index in [1.165, 1.54) is 16.7 Å². The van der Waals surface area contributed by atoms with Gasteiger partial charge in [0.1, 0.15) is 5.82 Å². The van der Waals surface area contributed by atoms with E-state index in [9.17, 15) is 0 Å². The molecule has 0 aromatic heterocycles. The fraction of sp³-hybridized carbons (Fsp3) is 0.429. The Morgan fingerprint density at radius 2 is 2.25 bits per heavy atom. The molecule has 0 fully saturated rings. The fourth-order valence-corrected chi connectivity index (χ4v) is 1.68. The summed E-state index contributed by atoms with van der Waals surface area (Å²) in [7, 11) is 1.95. The van der Waals surface area contributed by atoms with E-state index in [2.05, 4.69) is 55.7 Å². The molecule has 0 bridgehead atoms. The van der Waals surface area contributed by atoms with Gasteiger partial charge in [-0.15, -0.1) is 0 Å². The summed E-state index contributed by atoms with van der Waals surface area (Å²) in [6.07, 6.45) is 9.80. The van der Waals surface area contributed by atoms with Crippen molar-refractivity contribution < 1.29 is 0 Å². The lowest BCUT2D eigenvalue weighted by atomic mass is 10.00. The summed E-state index contributed by atoms with van der Waals surface area (Å²) in [4.78, 5) is 0. The maximum atomic E-state index is 3.33. The summed E-state index contributed by atoms with van der Waals surface area (Å²) in [5, 5.41) is 6.54. The summed E-state index contributed by atoms with van der Waals surface area (Å²) in [5.74, 6) is 1.12. The van der Waals surface area contributed by atoms with Crippen molar-refractivity contribution in [3.8, 4) is 0 Å². The van der Waals surface area contributed by atoms with Crippen molar-refractivity contribution in [1.82, 2.24) is 10.6 Å². The van der Waals surface area contributed by atoms with Gasteiger partial charge in [0, 0.05) is 19.2 Å². The molecule has 88 valence electrons. The molecule has 1 rings (SSSR count). The smallest absolute Gasteiger partial charge is 0.106 e. The average Bonchev–Trinajstić information content (AvgIpc) is 2.34. The molecule has 1 aliphatic rings. The van der Waals surface area contributed by atoms with Crippen LogP contribution in [0, 0.1) is 0 Å². The molecular formula is C14H22N2. The lowest BCUT2D eigenvalue weighted by Gasteiger charge is -2.19. The van der Waals surface area contributed by atoms with Crippen LogP contribution in [0.15, 0.2) is 46.8 Å². The molecule has 0 spiro atoms.